The highest BCUT2D eigenvalue weighted by atomic mass is 79.9. The number of aryl methyl sites for hydroxylation is 2. The molecule has 2 heterocycles. The molecule has 2 aromatic heterocycles. The number of nitrogens with zero attached hydrogens (tertiary/aromatic N) is 4. The third-order valence-electron chi connectivity index (χ3n) is 3.40. The number of pyridine rings is 1. The van der Waals surface area contributed by atoms with Crippen molar-refractivity contribution >= 4 is 15.9 Å². The fourth-order valence-corrected chi connectivity index (χ4v) is 2.92. The molecule has 108 valence electrons. The molecule has 0 fully saturated rings. The van der Waals surface area contributed by atoms with Crippen molar-refractivity contribution in [2.45, 2.75) is 26.3 Å². The number of likely N-dealkylation sites (N-methyl/N-ethyl adjacent to an activating group) is 1. The number of halogens is 1. The van der Waals surface area contributed by atoms with Crippen molar-refractivity contribution in [2.75, 3.05) is 13.6 Å². The third kappa shape index (κ3) is 3.67. The van der Waals surface area contributed by atoms with Crippen LogP contribution in [0.2, 0.25) is 0 Å². The molecule has 0 aliphatic carbocycles. The summed E-state index contributed by atoms with van der Waals surface area (Å²) in [6.45, 7) is 3.99. The van der Waals surface area contributed by atoms with Crippen LogP contribution in [0.1, 0.15) is 24.0 Å². The van der Waals surface area contributed by atoms with E-state index in [0.29, 0.717) is 0 Å². The Bertz CT molecular complexity index is 551. The highest BCUT2D eigenvalue weighted by molar-refractivity contribution is 9.10. The molecule has 0 aromatic carbocycles. The quantitative estimate of drug-likeness (QED) is 0.813. The van der Waals surface area contributed by atoms with Gasteiger partial charge in [0.2, 0.25) is 0 Å². The van der Waals surface area contributed by atoms with Gasteiger partial charge >= 0.3 is 0 Å². The first-order valence-corrected chi connectivity index (χ1v) is 7.69. The van der Waals surface area contributed by atoms with Gasteiger partial charge in [-0.3, -0.25) is 9.67 Å². The zero-order valence-corrected chi connectivity index (χ0v) is 13.9. The van der Waals surface area contributed by atoms with Gasteiger partial charge in [0.25, 0.3) is 0 Å². The van der Waals surface area contributed by atoms with Crippen LogP contribution in [0.15, 0.2) is 28.9 Å². The first-order valence-electron chi connectivity index (χ1n) is 6.90. The minimum atomic E-state index is 0.886. The second-order valence-electron chi connectivity index (χ2n) is 4.99. The Kier molecular flexibility index (Phi) is 5.31. The predicted molar refractivity (Wildman–Crippen MR) is 84.6 cm³/mol. The van der Waals surface area contributed by atoms with E-state index in [4.69, 9.17) is 0 Å². The lowest BCUT2D eigenvalue weighted by Crippen LogP contribution is -2.22. The third-order valence-corrected chi connectivity index (χ3v) is 4.31. The normalized spacial score (nSPS) is 11.2. The molecule has 0 unspecified atom stereocenters. The van der Waals surface area contributed by atoms with Gasteiger partial charge in [0.1, 0.15) is 0 Å². The smallest absolute Gasteiger partial charge is 0.0767 e. The van der Waals surface area contributed by atoms with E-state index >= 15 is 0 Å². The Morgan fingerprint density at radius 3 is 2.75 bits per heavy atom. The van der Waals surface area contributed by atoms with Crippen LogP contribution in [0.25, 0.3) is 0 Å². The molecule has 2 aromatic rings. The van der Waals surface area contributed by atoms with Gasteiger partial charge in [-0.25, -0.2) is 0 Å². The molecule has 2 rings (SSSR count). The van der Waals surface area contributed by atoms with Crippen LogP contribution in [-0.4, -0.2) is 33.3 Å². The Morgan fingerprint density at radius 1 is 1.35 bits per heavy atom. The largest absolute Gasteiger partial charge is 0.300 e. The summed E-state index contributed by atoms with van der Waals surface area (Å²) in [5, 5.41) is 4.53. The van der Waals surface area contributed by atoms with E-state index in [2.05, 4.69) is 51.0 Å². The molecule has 4 nitrogen and oxygen atoms in total. The summed E-state index contributed by atoms with van der Waals surface area (Å²) in [4.78, 5) is 6.66. The van der Waals surface area contributed by atoms with E-state index in [1.165, 1.54) is 5.69 Å². The molecular weight excluding hydrogens is 316 g/mol. The maximum absolute atomic E-state index is 4.53. The minimum absolute atomic E-state index is 0.886. The molecule has 0 aliphatic rings. The van der Waals surface area contributed by atoms with Crippen molar-refractivity contribution in [3.63, 3.8) is 0 Å². The van der Waals surface area contributed by atoms with Crippen molar-refractivity contribution in [1.82, 2.24) is 19.7 Å². The van der Waals surface area contributed by atoms with Crippen molar-refractivity contribution in [1.29, 1.82) is 0 Å². The Morgan fingerprint density at radius 2 is 2.15 bits per heavy atom. The standard InChI is InChI=1S/C15H21BrN4/c1-4-13-15(16)14(20(3)18-13)11-19(2)10-8-12-7-5-6-9-17-12/h5-7,9H,4,8,10-11H2,1-3H3. The second-order valence-corrected chi connectivity index (χ2v) is 5.79. The van der Waals surface area contributed by atoms with Gasteiger partial charge < -0.3 is 4.90 Å². The second kappa shape index (κ2) is 6.99. The summed E-state index contributed by atoms with van der Waals surface area (Å²) in [6.07, 6.45) is 3.76. The molecule has 20 heavy (non-hydrogen) atoms. The summed E-state index contributed by atoms with van der Waals surface area (Å²) in [5.74, 6) is 0. The van der Waals surface area contributed by atoms with Gasteiger partial charge in [-0.2, -0.15) is 5.10 Å². The zero-order chi connectivity index (χ0) is 14.5. The number of hydrogen-bond acceptors (Lipinski definition) is 3. The van der Waals surface area contributed by atoms with Crippen molar-refractivity contribution < 1.29 is 0 Å². The first-order chi connectivity index (χ1) is 9.61. The number of hydrogen-bond donors (Lipinski definition) is 0. The minimum Gasteiger partial charge on any atom is -0.300 e. The first kappa shape index (κ1) is 15.2. The lowest BCUT2D eigenvalue weighted by Gasteiger charge is -2.16. The van der Waals surface area contributed by atoms with Gasteiger partial charge in [0.05, 0.1) is 15.9 Å². The summed E-state index contributed by atoms with van der Waals surface area (Å²) < 4.78 is 3.12. The Hall–Kier alpha value is -1.20. The van der Waals surface area contributed by atoms with Crippen molar-refractivity contribution in [2.24, 2.45) is 7.05 Å². The van der Waals surface area contributed by atoms with E-state index < -0.39 is 0 Å². The lowest BCUT2D eigenvalue weighted by molar-refractivity contribution is 0.319. The van der Waals surface area contributed by atoms with Gasteiger partial charge in [0, 0.05) is 38.4 Å². The predicted octanol–water partition coefficient (Wildman–Crippen LogP) is 2.81. The maximum atomic E-state index is 4.53. The van der Waals surface area contributed by atoms with Crippen LogP contribution in [-0.2, 0) is 26.4 Å². The molecule has 0 radical (unpaired) electrons. The lowest BCUT2D eigenvalue weighted by atomic mass is 10.2. The fourth-order valence-electron chi connectivity index (χ4n) is 2.18. The molecular formula is C15H21BrN4. The van der Waals surface area contributed by atoms with Crippen LogP contribution >= 0.6 is 15.9 Å². The van der Waals surface area contributed by atoms with E-state index in [0.717, 1.165) is 41.8 Å². The zero-order valence-electron chi connectivity index (χ0n) is 12.3. The fraction of sp³-hybridized carbons (Fsp3) is 0.467. The molecule has 0 atom stereocenters. The van der Waals surface area contributed by atoms with Crippen molar-refractivity contribution in [3.05, 3.63) is 46.0 Å². The summed E-state index contributed by atoms with van der Waals surface area (Å²) in [7, 11) is 4.14. The SMILES string of the molecule is CCc1nn(C)c(CN(C)CCc2ccccn2)c1Br. The van der Waals surface area contributed by atoms with Gasteiger partial charge in [0.15, 0.2) is 0 Å². The molecule has 5 heteroatoms. The Labute approximate surface area is 128 Å². The average molecular weight is 337 g/mol. The van der Waals surface area contributed by atoms with Gasteiger partial charge in [-0.1, -0.05) is 13.0 Å². The van der Waals surface area contributed by atoms with Crippen LogP contribution in [0.3, 0.4) is 0 Å². The molecule has 0 N–H and O–H groups in total. The van der Waals surface area contributed by atoms with E-state index in [9.17, 15) is 0 Å². The summed E-state index contributed by atoms with van der Waals surface area (Å²) in [5.41, 5.74) is 3.49. The van der Waals surface area contributed by atoms with E-state index in [-0.39, 0.29) is 0 Å². The van der Waals surface area contributed by atoms with Gasteiger partial charge in [-0.05, 0) is 41.5 Å². The summed E-state index contributed by atoms with van der Waals surface area (Å²) >= 11 is 3.66. The molecule has 0 spiro atoms. The number of aromatic nitrogens is 3. The Balaban J connectivity index is 1.95. The van der Waals surface area contributed by atoms with E-state index in [1.54, 1.807) is 0 Å². The van der Waals surface area contributed by atoms with Crippen LogP contribution in [0, 0.1) is 0 Å². The summed E-state index contributed by atoms with van der Waals surface area (Å²) in [6, 6.07) is 6.06. The highest BCUT2D eigenvalue weighted by Crippen LogP contribution is 2.22. The van der Waals surface area contributed by atoms with Crippen molar-refractivity contribution in [3.8, 4) is 0 Å². The van der Waals surface area contributed by atoms with Crippen LogP contribution in [0.4, 0.5) is 0 Å². The topological polar surface area (TPSA) is 34.0 Å². The van der Waals surface area contributed by atoms with Crippen LogP contribution < -0.4 is 0 Å². The number of rotatable bonds is 6. The molecule has 0 aliphatic heterocycles. The molecule has 0 amide bonds. The van der Waals surface area contributed by atoms with Crippen LogP contribution in [0.5, 0.6) is 0 Å². The van der Waals surface area contributed by atoms with Gasteiger partial charge in [-0.15, -0.1) is 0 Å². The van der Waals surface area contributed by atoms with E-state index in [1.807, 2.05) is 30.1 Å². The molecule has 0 saturated carbocycles. The molecule has 0 saturated heterocycles. The average Bonchev–Trinajstić information content (AvgIpc) is 2.73. The monoisotopic (exact) mass is 336 g/mol. The molecule has 0 bridgehead atoms. The highest BCUT2D eigenvalue weighted by Gasteiger charge is 2.14. The maximum Gasteiger partial charge on any atom is 0.0767 e.